The van der Waals surface area contributed by atoms with Crippen molar-refractivity contribution >= 4 is 11.0 Å². The molecule has 0 atom stereocenters. The molecule has 2 aromatic heterocycles. The maximum atomic E-state index is 13.2. The summed E-state index contributed by atoms with van der Waals surface area (Å²) in [6.07, 6.45) is 1.44. The molecule has 30 heavy (non-hydrogen) atoms. The first-order chi connectivity index (χ1) is 14.5. The number of fused-ring (bicyclic) bond motifs is 1. The molecule has 7 nitrogen and oxygen atoms in total. The summed E-state index contributed by atoms with van der Waals surface area (Å²) in [5, 5.41) is 0.246. The molecule has 0 aliphatic carbocycles. The Morgan fingerprint density at radius 1 is 1.00 bits per heavy atom. The molecule has 0 fully saturated rings. The maximum Gasteiger partial charge on any atom is 0.332 e. The first-order valence-electron chi connectivity index (χ1n) is 9.41. The van der Waals surface area contributed by atoms with Gasteiger partial charge in [0.1, 0.15) is 17.0 Å². The fourth-order valence-electron chi connectivity index (χ4n) is 3.27. The second-order valence-electron chi connectivity index (χ2n) is 6.70. The Bertz CT molecular complexity index is 1330. The quantitative estimate of drug-likeness (QED) is 0.509. The van der Waals surface area contributed by atoms with Gasteiger partial charge in [0.25, 0.3) is 5.56 Å². The molecule has 0 radical (unpaired) electrons. The number of hydrogen-bond donors (Lipinski definition) is 0. The standard InChI is InChI=1S/C22H19FN4O3/c1-3-26-20-18(12-24-19(25-20)15-6-10-17(30-2)11-7-15)21(28)27(22(26)29)13-14-4-8-16(23)9-5-14/h4-12H,3,13H2,1-2H3. The lowest BCUT2D eigenvalue weighted by molar-refractivity contribution is 0.415. The summed E-state index contributed by atoms with van der Waals surface area (Å²) in [5.74, 6) is 0.728. The van der Waals surface area contributed by atoms with Crippen LogP contribution in [0.2, 0.25) is 0 Å². The van der Waals surface area contributed by atoms with Gasteiger partial charge in [-0.1, -0.05) is 12.1 Å². The van der Waals surface area contributed by atoms with Gasteiger partial charge in [-0.25, -0.2) is 19.2 Å². The minimum atomic E-state index is -0.481. The summed E-state index contributed by atoms with van der Waals surface area (Å²) in [7, 11) is 1.58. The van der Waals surface area contributed by atoms with Crippen LogP contribution in [-0.4, -0.2) is 26.2 Å². The molecule has 4 aromatic rings. The van der Waals surface area contributed by atoms with Crippen LogP contribution in [0.4, 0.5) is 4.39 Å². The SMILES string of the molecule is CCn1c(=O)n(Cc2ccc(F)cc2)c(=O)c2cnc(-c3ccc(OC)cc3)nc21. The van der Waals surface area contributed by atoms with Crippen molar-refractivity contribution in [2.24, 2.45) is 0 Å². The molecule has 0 N–H and O–H groups in total. The molecule has 8 heteroatoms. The summed E-state index contributed by atoms with van der Waals surface area (Å²) in [5.41, 5.74) is 0.712. The van der Waals surface area contributed by atoms with Gasteiger partial charge in [0.2, 0.25) is 0 Å². The van der Waals surface area contributed by atoms with Crippen LogP contribution in [0, 0.1) is 5.82 Å². The van der Waals surface area contributed by atoms with Crippen molar-refractivity contribution in [3.63, 3.8) is 0 Å². The molecular weight excluding hydrogens is 387 g/mol. The van der Waals surface area contributed by atoms with Gasteiger partial charge in [0.05, 0.1) is 13.7 Å². The van der Waals surface area contributed by atoms with Crippen LogP contribution in [0.3, 0.4) is 0 Å². The largest absolute Gasteiger partial charge is 0.497 e. The van der Waals surface area contributed by atoms with Crippen LogP contribution in [0.5, 0.6) is 5.75 Å². The predicted molar refractivity (Wildman–Crippen MR) is 111 cm³/mol. The number of aromatic nitrogens is 4. The Morgan fingerprint density at radius 3 is 2.33 bits per heavy atom. The first kappa shape index (κ1) is 19.5. The third-order valence-electron chi connectivity index (χ3n) is 4.88. The number of rotatable bonds is 5. The monoisotopic (exact) mass is 406 g/mol. The Balaban J connectivity index is 1.86. The molecular formula is C22H19FN4O3. The van der Waals surface area contributed by atoms with Crippen LogP contribution < -0.4 is 16.0 Å². The third-order valence-corrected chi connectivity index (χ3v) is 4.88. The second kappa shape index (κ2) is 7.90. The highest BCUT2D eigenvalue weighted by atomic mass is 19.1. The Morgan fingerprint density at radius 2 is 1.70 bits per heavy atom. The van der Waals surface area contributed by atoms with E-state index in [0.717, 1.165) is 10.1 Å². The van der Waals surface area contributed by atoms with E-state index in [0.29, 0.717) is 23.7 Å². The Kier molecular flexibility index (Phi) is 5.14. The minimum Gasteiger partial charge on any atom is -0.497 e. The highest BCUT2D eigenvalue weighted by Gasteiger charge is 2.16. The van der Waals surface area contributed by atoms with Crippen molar-refractivity contribution in [3.8, 4) is 17.1 Å². The lowest BCUT2D eigenvalue weighted by atomic mass is 10.2. The van der Waals surface area contributed by atoms with Crippen LogP contribution in [0.1, 0.15) is 12.5 Å². The van der Waals surface area contributed by atoms with Crippen LogP contribution in [-0.2, 0) is 13.1 Å². The lowest BCUT2D eigenvalue weighted by Gasteiger charge is -2.13. The Labute approximate surface area is 171 Å². The maximum absolute atomic E-state index is 13.2. The van der Waals surface area contributed by atoms with E-state index in [9.17, 15) is 14.0 Å². The topological polar surface area (TPSA) is 79.0 Å². The van der Waals surface area contributed by atoms with E-state index >= 15 is 0 Å². The first-order valence-corrected chi connectivity index (χ1v) is 9.41. The van der Waals surface area contributed by atoms with Crippen molar-refractivity contribution in [2.45, 2.75) is 20.0 Å². The molecule has 152 valence electrons. The molecule has 0 amide bonds. The van der Waals surface area contributed by atoms with Gasteiger partial charge in [0, 0.05) is 18.3 Å². The van der Waals surface area contributed by atoms with E-state index in [1.54, 1.807) is 31.4 Å². The highest BCUT2D eigenvalue weighted by molar-refractivity contribution is 5.75. The number of benzene rings is 2. The number of aryl methyl sites for hydroxylation is 1. The fraction of sp³-hybridized carbons (Fsp3) is 0.182. The number of nitrogens with zero attached hydrogens (tertiary/aromatic N) is 4. The second-order valence-corrected chi connectivity index (χ2v) is 6.70. The van der Waals surface area contributed by atoms with Gasteiger partial charge in [-0.05, 0) is 48.9 Å². The van der Waals surface area contributed by atoms with E-state index in [-0.39, 0.29) is 23.4 Å². The molecule has 0 saturated carbocycles. The highest BCUT2D eigenvalue weighted by Crippen LogP contribution is 2.20. The van der Waals surface area contributed by atoms with Gasteiger partial charge in [-0.3, -0.25) is 13.9 Å². The Hall–Kier alpha value is -3.81. The molecule has 0 unspecified atom stereocenters. The molecule has 0 bridgehead atoms. The third kappa shape index (κ3) is 3.47. The van der Waals surface area contributed by atoms with E-state index in [1.165, 1.54) is 22.9 Å². The van der Waals surface area contributed by atoms with Crippen molar-refractivity contribution in [2.75, 3.05) is 7.11 Å². The summed E-state index contributed by atoms with van der Waals surface area (Å²) >= 11 is 0. The molecule has 2 heterocycles. The van der Waals surface area contributed by atoms with E-state index < -0.39 is 11.2 Å². The predicted octanol–water partition coefficient (Wildman–Crippen LogP) is 2.84. The van der Waals surface area contributed by atoms with Crippen molar-refractivity contribution < 1.29 is 9.13 Å². The zero-order valence-corrected chi connectivity index (χ0v) is 16.5. The summed E-state index contributed by atoms with van der Waals surface area (Å²) in [6, 6.07) is 12.9. The van der Waals surface area contributed by atoms with Gasteiger partial charge in [0.15, 0.2) is 11.5 Å². The average molecular weight is 406 g/mol. The summed E-state index contributed by atoms with van der Waals surface area (Å²) in [4.78, 5) is 34.8. The van der Waals surface area contributed by atoms with Crippen LogP contribution in [0.15, 0.2) is 64.3 Å². The zero-order chi connectivity index (χ0) is 21.3. The van der Waals surface area contributed by atoms with Gasteiger partial charge < -0.3 is 4.74 Å². The summed E-state index contributed by atoms with van der Waals surface area (Å²) < 4.78 is 20.9. The number of ether oxygens (including phenoxy) is 1. The number of halogens is 1. The smallest absolute Gasteiger partial charge is 0.332 e. The van der Waals surface area contributed by atoms with E-state index in [4.69, 9.17) is 4.74 Å². The van der Waals surface area contributed by atoms with Gasteiger partial charge in [-0.2, -0.15) is 0 Å². The van der Waals surface area contributed by atoms with E-state index in [2.05, 4.69) is 9.97 Å². The minimum absolute atomic E-state index is 0.0358. The summed E-state index contributed by atoms with van der Waals surface area (Å²) in [6.45, 7) is 2.18. The van der Waals surface area contributed by atoms with Gasteiger partial charge in [-0.15, -0.1) is 0 Å². The zero-order valence-electron chi connectivity index (χ0n) is 16.5. The molecule has 0 saturated heterocycles. The number of hydrogen-bond acceptors (Lipinski definition) is 5. The average Bonchev–Trinajstić information content (AvgIpc) is 2.78. The molecule has 0 spiro atoms. The van der Waals surface area contributed by atoms with E-state index in [1.807, 2.05) is 19.1 Å². The van der Waals surface area contributed by atoms with Crippen LogP contribution >= 0.6 is 0 Å². The molecule has 2 aromatic carbocycles. The van der Waals surface area contributed by atoms with Crippen molar-refractivity contribution in [3.05, 3.63) is 86.9 Å². The molecule has 0 aliphatic heterocycles. The van der Waals surface area contributed by atoms with Crippen molar-refractivity contribution in [1.29, 1.82) is 0 Å². The van der Waals surface area contributed by atoms with Crippen LogP contribution in [0.25, 0.3) is 22.4 Å². The molecule has 0 aliphatic rings. The molecule has 4 rings (SSSR count). The lowest BCUT2D eigenvalue weighted by Crippen LogP contribution is -2.40. The fourth-order valence-corrected chi connectivity index (χ4v) is 3.27. The van der Waals surface area contributed by atoms with Gasteiger partial charge >= 0.3 is 5.69 Å². The normalized spacial score (nSPS) is 11.0. The number of methoxy groups -OCH3 is 1. The van der Waals surface area contributed by atoms with Crippen molar-refractivity contribution in [1.82, 2.24) is 19.1 Å².